The summed E-state index contributed by atoms with van der Waals surface area (Å²) < 4.78 is 4.64. The first-order valence-electron chi connectivity index (χ1n) is 5.92. The van der Waals surface area contributed by atoms with Gasteiger partial charge in [-0.1, -0.05) is 0 Å². The predicted molar refractivity (Wildman–Crippen MR) is 73.8 cm³/mol. The number of carbonyl (C=O) groups is 1. The summed E-state index contributed by atoms with van der Waals surface area (Å²) in [4.78, 5) is 12.2. The van der Waals surface area contributed by atoms with Gasteiger partial charge in [0.2, 0.25) is 0 Å². The maximum Gasteiger partial charge on any atom is 0.327 e. The van der Waals surface area contributed by atoms with Gasteiger partial charge in [-0.2, -0.15) is 15.8 Å². The summed E-state index contributed by atoms with van der Waals surface area (Å²) in [7, 11) is 1.24. The van der Waals surface area contributed by atoms with E-state index in [4.69, 9.17) is 10.5 Å². The molecule has 0 fully saturated rings. The van der Waals surface area contributed by atoms with E-state index in [0.717, 1.165) is 12.0 Å². The molecule has 0 N–H and O–H groups in total. The lowest BCUT2D eigenvalue weighted by molar-refractivity contribution is -0.142. The van der Waals surface area contributed by atoms with Crippen LogP contribution in [0.25, 0.3) is 0 Å². The van der Waals surface area contributed by atoms with Gasteiger partial charge in [0.1, 0.15) is 17.7 Å². The Morgan fingerprint density at radius 3 is 2.40 bits per heavy atom. The number of nitrogens with zero attached hydrogens (tertiary/aromatic N) is 3. The van der Waals surface area contributed by atoms with Crippen LogP contribution in [0.15, 0.2) is 21.6 Å². The van der Waals surface area contributed by atoms with E-state index < -0.39 is 11.9 Å². The monoisotopic (exact) mass is 287 g/mol. The minimum Gasteiger partial charge on any atom is -0.468 e. The Kier molecular flexibility index (Phi) is 5.84. The summed E-state index contributed by atoms with van der Waals surface area (Å²) in [6.07, 6.45) is 3.84. The molecule has 0 aromatic heterocycles. The second-order valence-electron chi connectivity index (χ2n) is 4.07. The predicted octanol–water partition coefficient (Wildman–Crippen LogP) is 2.44. The zero-order valence-electron chi connectivity index (χ0n) is 11.3. The highest BCUT2D eigenvalue weighted by molar-refractivity contribution is 8.02. The SMILES string of the molecule is COC(=O)C(C#N)C1=C(C(SC)=C(C#N)C#N)CCC1. The molecule has 102 valence electrons. The van der Waals surface area contributed by atoms with Crippen molar-refractivity contribution in [3.63, 3.8) is 0 Å². The fourth-order valence-corrected chi connectivity index (χ4v) is 3.01. The van der Waals surface area contributed by atoms with Gasteiger partial charge in [-0.25, -0.2) is 0 Å². The van der Waals surface area contributed by atoms with Crippen molar-refractivity contribution in [3.05, 3.63) is 21.6 Å². The van der Waals surface area contributed by atoms with Crippen LogP contribution in [0.3, 0.4) is 0 Å². The number of thioether (sulfide) groups is 1. The second-order valence-corrected chi connectivity index (χ2v) is 4.89. The van der Waals surface area contributed by atoms with Gasteiger partial charge in [0.15, 0.2) is 5.92 Å². The average Bonchev–Trinajstić information content (AvgIpc) is 2.94. The van der Waals surface area contributed by atoms with Crippen molar-refractivity contribution < 1.29 is 9.53 Å². The largest absolute Gasteiger partial charge is 0.468 e. The Bertz CT molecular complexity index is 583. The van der Waals surface area contributed by atoms with Gasteiger partial charge < -0.3 is 4.74 Å². The van der Waals surface area contributed by atoms with Crippen molar-refractivity contribution in [2.24, 2.45) is 5.92 Å². The highest BCUT2D eigenvalue weighted by Gasteiger charge is 2.31. The Balaban J connectivity index is 3.41. The molecule has 0 saturated carbocycles. The first-order valence-corrected chi connectivity index (χ1v) is 7.15. The minimum atomic E-state index is -0.960. The van der Waals surface area contributed by atoms with Crippen molar-refractivity contribution >= 4 is 17.7 Å². The van der Waals surface area contributed by atoms with Crippen LogP contribution in [-0.4, -0.2) is 19.3 Å². The number of nitriles is 3. The zero-order chi connectivity index (χ0) is 15.1. The molecule has 0 bridgehead atoms. The van der Waals surface area contributed by atoms with E-state index in [-0.39, 0.29) is 5.57 Å². The van der Waals surface area contributed by atoms with E-state index in [0.29, 0.717) is 23.3 Å². The zero-order valence-corrected chi connectivity index (χ0v) is 12.1. The third-order valence-electron chi connectivity index (χ3n) is 3.10. The summed E-state index contributed by atoms with van der Waals surface area (Å²) >= 11 is 1.29. The van der Waals surface area contributed by atoms with E-state index >= 15 is 0 Å². The fraction of sp³-hybridized carbons (Fsp3) is 0.429. The maximum atomic E-state index is 11.7. The quantitative estimate of drug-likeness (QED) is 0.582. The van der Waals surface area contributed by atoms with Gasteiger partial charge in [0.05, 0.1) is 13.2 Å². The molecule has 0 aromatic rings. The standard InChI is InChI=1S/C14H13N3O2S/c1-19-14(18)12(8-17)10-4-3-5-11(10)13(20-2)9(6-15)7-16/h12H,3-5H2,1-2H3. The number of carbonyl (C=O) groups excluding carboxylic acids is 1. The number of hydrogen-bond acceptors (Lipinski definition) is 6. The maximum absolute atomic E-state index is 11.7. The third-order valence-corrected chi connectivity index (χ3v) is 3.96. The Morgan fingerprint density at radius 2 is 1.95 bits per heavy atom. The number of ether oxygens (including phenoxy) is 1. The topological polar surface area (TPSA) is 97.7 Å². The van der Waals surface area contributed by atoms with Gasteiger partial charge in [0.25, 0.3) is 0 Å². The minimum absolute atomic E-state index is 0.0217. The van der Waals surface area contributed by atoms with E-state index in [2.05, 4.69) is 4.74 Å². The van der Waals surface area contributed by atoms with Crippen molar-refractivity contribution in [1.29, 1.82) is 15.8 Å². The second kappa shape index (κ2) is 7.38. The summed E-state index contributed by atoms with van der Waals surface area (Å²) in [5.74, 6) is -1.56. The molecule has 1 aliphatic rings. The van der Waals surface area contributed by atoms with Crippen LogP contribution in [-0.2, 0) is 9.53 Å². The normalized spacial score (nSPS) is 14.8. The van der Waals surface area contributed by atoms with Crippen LogP contribution in [0.4, 0.5) is 0 Å². The first-order chi connectivity index (χ1) is 9.64. The summed E-state index contributed by atoms with van der Waals surface area (Å²) in [6, 6.07) is 5.68. The van der Waals surface area contributed by atoms with Crippen molar-refractivity contribution in [3.8, 4) is 18.2 Å². The van der Waals surface area contributed by atoms with E-state index in [9.17, 15) is 10.1 Å². The average molecular weight is 287 g/mol. The summed E-state index contributed by atoms with van der Waals surface area (Å²) in [6.45, 7) is 0. The molecule has 6 heteroatoms. The van der Waals surface area contributed by atoms with Gasteiger partial charge >= 0.3 is 5.97 Å². The highest BCUT2D eigenvalue weighted by atomic mass is 32.2. The first kappa shape index (κ1) is 15.8. The van der Waals surface area contributed by atoms with Gasteiger partial charge in [-0.3, -0.25) is 4.79 Å². The van der Waals surface area contributed by atoms with E-state index in [1.807, 2.05) is 18.2 Å². The lowest BCUT2D eigenvalue weighted by atomic mass is 9.96. The van der Waals surface area contributed by atoms with Crippen LogP contribution < -0.4 is 0 Å². The molecule has 0 aliphatic heterocycles. The molecule has 5 nitrogen and oxygen atoms in total. The van der Waals surface area contributed by atoms with Gasteiger partial charge in [0, 0.05) is 4.91 Å². The van der Waals surface area contributed by atoms with Gasteiger partial charge in [-0.05, 0) is 36.7 Å². The van der Waals surface area contributed by atoms with Crippen LogP contribution in [0.5, 0.6) is 0 Å². The molecule has 0 spiro atoms. The lowest BCUT2D eigenvalue weighted by Gasteiger charge is -2.13. The fourth-order valence-electron chi connectivity index (χ4n) is 2.24. The van der Waals surface area contributed by atoms with Crippen LogP contribution in [0.2, 0.25) is 0 Å². The number of esters is 1. The molecule has 0 heterocycles. The lowest BCUT2D eigenvalue weighted by Crippen LogP contribution is -2.17. The molecule has 0 amide bonds. The number of methoxy groups -OCH3 is 1. The molecular formula is C14H13N3O2S. The van der Waals surface area contributed by atoms with Crippen LogP contribution in [0.1, 0.15) is 19.3 Å². The Morgan fingerprint density at radius 1 is 1.30 bits per heavy atom. The van der Waals surface area contributed by atoms with Crippen LogP contribution >= 0.6 is 11.8 Å². The summed E-state index contributed by atoms with van der Waals surface area (Å²) in [5.41, 5.74) is 1.47. The number of hydrogen-bond donors (Lipinski definition) is 0. The molecule has 0 aromatic carbocycles. The molecule has 0 saturated heterocycles. The van der Waals surface area contributed by atoms with Crippen molar-refractivity contribution in [2.45, 2.75) is 19.3 Å². The molecule has 0 radical (unpaired) electrons. The molecule has 1 rings (SSSR count). The van der Waals surface area contributed by atoms with Crippen molar-refractivity contribution in [2.75, 3.05) is 13.4 Å². The van der Waals surface area contributed by atoms with E-state index in [1.165, 1.54) is 18.9 Å². The highest BCUT2D eigenvalue weighted by Crippen LogP contribution is 2.40. The Labute approximate surface area is 122 Å². The van der Waals surface area contributed by atoms with Crippen molar-refractivity contribution in [1.82, 2.24) is 0 Å². The van der Waals surface area contributed by atoms with E-state index in [1.54, 1.807) is 6.26 Å². The molecule has 1 atom stereocenters. The molecule has 1 aliphatic carbocycles. The molecular weight excluding hydrogens is 274 g/mol. The Hall–Kier alpha value is -2.23. The third kappa shape index (κ3) is 3.02. The van der Waals surface area contributed by atoms with Gasteiger partial charge in [-0.15, -0.1) is 11.8 Å². The number of allylic oxidation sites excluding steroid dienone is 2. The molecule has 1 unspecified atom stereocenters. The molecule has 20 heavy (non-hydrogen) atoms. The smallest absolute Gasteiger partial charge is 0.327 e. The summed E-state index contributed by atoms with van der Waals surface area (Å²) in [5, 5.41) is 27.2. The number of rotatable bonds is 4. The van der Waals surface area contributed by atoms with Crippen LogP contribution in [0, 0.1) is 39.9 Å².